The summed E-state index contributed by atoms with van der Waals surface area (Å²) in [7, 11) is 0. The zero-order chi connectivity index (χ0) is 12.3. The summed E-state index contributed by atoms with van der Waals surface area (Å²) in [6, 6.07) is 2.35. The minimum Gasteiger partial charge on any atom is -0.403 e. The molecule has 0 aliphatic carbocycles. The molecule has 0 aromatic carbocycles. The van der Waals surface area contributed by atoms with Crippen LogP contribution in [0.15, 0.2) is 6.07 Å². The Kier molecular flexibility index (Phi) is 3.20. The van der Waals surface area contributed by atoms with Crippen molar-refractivity contribution in [3.8, 4) is 11.8 Å². The summed E-state index contributed by atoms with van der Waals surface area (Å²) < 4.78 is 39.4. The standard InChI is InChI=1S/C8H7F3N4O/c9-8(10,11)16-7-1-4(14)5(2-12)15-6(7)3-13/h1H,2,12,14H2. The van der Waals surface area contributed by atoms with Crippen molar-refractivity contribution in [1.82, 2.24) is 4.98 Å². The van der Waals surface area contributed by atoms with Crippen LogP contribution in [0.1, 0.15) is 11.4 Å². The van der Waals surface area contributed by atoms with E-state index in [0.717, 1.165) is 6.07 Å². The van der Waals surface area contributed by atoms with Crippen molar-refractivity contribution in [3.05, 3.63) is 17.5 Å². The third kappa shape index (κ3) is 2.74. The van der Waals surface area contributed by atoms with Crippen LogP contribution in [0.25, 0.3) is 0 Å². The number of nitrogens with two attached hydrogens (primary N) is 2. The number of nitrogens with zero attached hydrogens (tertiary/aromatic N) is 2. The Balaban J connectivity index is 3.20. The van der Waals surface area contributed by atoms with Crippen LogP contribution in [0.3, 0.4) is 0 Å². The summed E-state index contributed by atoms with van der Waals surface area (Å²) >= 11 is 0. The Morgan fingerprint density at radius 3 is 2.56 bits per heavy atom. The van der Waals surface area contributed by atoms with Crippen LogP contribution in [0, 0.1) is 11.3 Å². The molecule has 0 saturated carbocycles. The molecule has 1 heterocycles. The van der Waals surface area contributed by atoms with Crippen molar-refractivity contribution in [2.24, 2.45) is 5.73 Å². The van der Waals surface area contributed by atoms with Gasteiger partial charge in [0.1, 0.15) is 6.07 Å². The molecule has 1 aromatic rings. The van der Waals surface area contributed by atoms with Crippen molar-refractivity contribution in [2.75, 3.05) is 5.73 Å². The van der Waals surface area contributed by atoms with Crippen LogP contribution in [-0.2, 0) is 6.54 Å². The van der Waals surface area contributed by atoms with Gasteiger partial charge in [0.05, 0.1) is 11.4 Å². The first kappa shape index (κ1) is 12.1. The largest absolute Gasteiger partial charge is 0.573 e. The van der Waals surface area contributed by atoms with Gasteiger partial charge in [-0.15, -0.1) is 13.2 Å². The summed E-state index contributed by atoms with van der Waals surface area (Å²) in [6.45, 7) is -0.0766. The molecule has 0 aliphatic rings. The molecular formula is C8H7F3N4O. The smallest absolute Gasteiger partial charge is 0.403 e. The fraction of sp³-hybridized carbons (Fsp3) is 0.250. The molecule has 5 nitrogen and oxygen atoms in total. The minimum atomic E-state index is -4.90. The average Bonchev–Trinajstić information content (AvgIpc) is 2.16. The second-order valence-electron chi connectivity index (χ2n) is 2.73. The van der Waals surface area contributed by atoms with Crippen LogP contribution >= 0.6 is 0 Å². The van der Waals surface area contributed by atoms with Gasteiger partial charge in [-0.25, -0.2) is 4.98 Å². The van der Waals surface area contributed by atoms with Gasteiger partial charge in [-0.2, -0.15) is 5.26 Å². The van der Waals surface area contributed by atoms with Crippen molar-refractivity contribution < 1.29 is 17.9 Å². The monoisotopic (exact) mass is 232 g/mol. The lowest BCUT2D eigenvalue weighted by Crippen LogP contribution is -2.19. The lowest BCUT2D eigenvalue weighted by atomic mass is 10.2. The first-order chi connectivity index (χ1) is 7.37. The highest BCUT2D eigenvalue weighted by molar-refractivity contribution is 5.52. The maximum Gasteiger partial charge on any atom is 0.573 e. The number of ether oxygens (including phenoxy) is 1. The molecule has 1 aromatic heterocycles. The van der Waals surface area contributed by atoms with Gasteiger partial charge >= 0.3 is 6.36 Å². The van der Waals surface area contributed by atoms with E-state index in [2.05, 4.69) is 9.72 Å². The van der Waals surface area contributed by atoms with Crippen LogP contribution in [0.5, 0.6) is 5.75 Å². The second kappa shape index (κ2) is 4.24. The van der Waals surface area contributed by atoms with E-state index < -0.39 is 17.8 Å². The number of rotatable bonds is 2. The number of hydrogen-bond donors (Lipinski definition) is 2. The lowest BCUT2D eigenvalue weighted by molar-refractivity contribution is -0.274. The summed E-state index contributed by atoms with van der Waals surface area (Å²) in [6.07, 6.45) is -4.90. The highest BCUT2D eigenvalue weighted by Gasteiger charge is 2.32. The number of hydrogen-bond acceptors (Lipinski definition) is 5. The third-order valence-electron chi connectivity index (χ3n) is 1.62. The molecule has 0 saturated heterocycles. The number of nitriles is 1. The van der Waals surface area contributed by atoms with Crippen molar-refractivity contribution >= 4 is 5.69 Å². The molecule has 0 fully saturated rings. The Hall–Kier alpha value is -2.01. The van der Waals surface area contributed by atoms with Crippen molar-refractivity contribution in [2.45, 2.75) is 12.9 Å². The maximum absolute atomic E-state index is 11.9. The average molecular weight is 232 g/mol. The molecule has 1 rings (SSSR count). The topological polar surface area (TPSA) is 98.0 Å². The van der Waals surface area contributed by atoms with E-state index in [1.54, 1.807) is 0 Å². The van der Waals surface area contributed by atoms with Crippen LogP contribution in [-0.4, -0.2) is 11.3 Å². The molecule has 4 N–H and O–H groups in total. The summed E-state index contributed by atoms with van der Waals surface area (Å²) in [4.78, 5) is 3.56. The van der Waals surface area contributed by atoms with E-state index >= 15 is 0 Å². The molecule has 0 spiro atoms. The summed E-state index contributed by atoms with van der Waals surface area (Å²) in [5.41, 5.74) is 10.2. The maximum atomic E-state index is 11.9. The number of aromatic nitrogens is 1. The van der Waals surface area contributed by atoms with Crippen molar-refractivity contribution in [1.29, 1.82) is 5.26 Å². The normalized spacial score (nSPS) is 10.9. The van der Waals surface area contributed by atoms with E-state index in [1.807, 2.05) is 0 Å². The fourth-order valence-electron chi connectivity index (χ4n) is 0.994. The summed E-state index contributed by atoms with van der Waals surface area (Å²) in [5, 5.41) is 8.58. The van der Waals surface area contributed by atoms with Gasteiger partial charge in [0.25, 0.3) is 0 Å². The highest BCUT2D eigenvalue weighted by Crippen LogP contribution is 2.27. The second-order valence-corrected chi connectivity index (χ2v) is 2.73. The van der Waals surface area contributed by atoms with E-state index in [-0.39, 0.29) is 17.9 Å². The SMILES string of the molecule is N#Cc1nc(CN)c(N)cc1OC(F)(F)F. The molecule has 0 amide bonds. The Bertz CT molecular complexity index is 438. The van der Waals surface area contributed by atoms with Gasteiger partial charge in [-0.1, -0.05) is 0 Å². The van der Waals surface area contributed by atoms with Crippen LogP contribution in [0.2, 0.25) is 0 Å². The molecule has 16 heavy (non-hydrogen) atoms. The molecular weight excluding hydrogens is 225 g/mol. The van der Waals surface area contributed by atoms with Gasteiger partial charge in [0, 0.05) is 12.6 Å². The zero-order valence-electron chi connectivity index (χ0n) is 7.88. The van der Waals surface area contributed by atoms with E-state index in [4.69, 9.17) is 16.7 Å². The molecule has 86 valence electrons. The first-order valence-corrected chi connectivity index (χ1v) is 4.02. The molecule has 8 heteroatoms. The quantitative estimate of drug-likeness (QED) is 0.789. The molecule has 0 bridgehead atoms. The van der Waals surface area contributed by atoms with E-state index in [0.29, 0.717) is 0 Å². The van der Waals surface area contributed by atoms with Crippen molar-refractivity contribution in [3.63, 3.8) is 0 Å². The molecule has 0 unspecified atom stereocenters. The fourth-order valence-corrected chi connectivity index (χ4v) is 0.994. The number of pyridine rings is 1. The van der Waals surface area contributed by atoms with Crippen LogP contribution < -0.4 is 16.2 Å². The van der Waals surface area contributed by atoms with E-state index in [9.17, 15) is 13.2 Å². The number of nitrogen functional groups attached to an aromatic ring is 1. The molecule has 0 radical (unpaired) electrons. The lowest BCUT2D eigenvalue weighted by Gasteiger charge is -2.11. The van der Waals surface area contributed by atoms with Gasteiger partial charge in [-0.3, -0.25) is 0 Å². The molecule has 0 atom stereocenters. The predicted molar refractivity (Wildman–Crippen MR) is 47.9 cm³/mol. The number of anilines is 1. The van der Waals surface area contributed by atoms with Gasteiger partial charge in [-0.05, 0) is 0 Å². The number of halogens is 3. The Morgan fingerprint density at radius 2 is 2.12 bits per heavy atom. The summed E-state index contributed by atoms with van der Waals surface area (Å²) in [5.74, 6) is -0.732. The third-order valence-corrected chi connectivity index (χ3v) is 1.62. The van der Waals surface area contributed by atoms with Gasteiger partial charge < -0.3 is 16.2 Å². The Labute approximate surface area is 88.4 Å². The predicted octanol–water partition coefficient (Wildman–Crippen LogP) is 0.893. The molecule has 0 aliphatic heterocycles. The first-order valence-electron chi connectivity index (χ1n) is 4.02. The highest BCUT2D eigenvalue weighted by atomic mass is 19.4. The van der Waals surface area contributed by atoms with E-state index in [1.165, 1.54) is 6.07 Å². The minimum absolute atomic E-state index is 0.0549. The number of alkyl halides is 3. The van der Waals surface area contributed by atoms with Gasteiger partial charge in [0.15, 0.2) is 11.4 Å². The zero-order valence-corrected chi connectivity index (χ0v) is 7.88. The Morgan fingerprint density at radius 1 is 1.50 bits per heavy atom. The van der Waals surface area contributed by atoms with Gasteiger partial charge in [0.2, 0.25) is 0 Å². The van der Waals surface area contributed by atoms with Crippen LogP contribution in [0.4, 0.5) is 18.9 Å².